The van der Waals surface area contributed by atoms with E-state index in [0.29, 0.717) is 25.3 Å². The van der Waals surface area contributed by atoms with Crippen LogP contribution >= 0.6 is 0 Å². The van der Waals surface area contributed by atoms with Gasteiger partial charge in [0.15, 0.2) is 0 Å². The Labute approximate surface area is 126 Å². The second-order valence-electron chi connectivity index (χ2n) is 6.08. The summed E-state index contributed by atoms with van der Waals surface area (Å²) in [5, 5.41) is 0. The van der Waals surface area contributed by atoms with Crippen LogP contribution in [-0.4, -0.2) is 54.3 Å². The zero-order valence-electron chi connectivity index (χ0n) is 13.3. The maximum absolute atomic E-state index is 12.7. The van der Waals surface area contributed by atoms with Gasteiger partial charge in [-0.3, -0.25) is 9.78 Å². The molecule has 0 N–H and O–H groups in total. The first-order valence-corrected chi connectivity index (χ1v) is 7.35. The third kappa shape index (κ3) is 4.02. The molecule has 1 aliphatic rings. The van der Waals surface area contributed by atoms with Gasteiger partial charge in [-0.25, -0.2) is 0 Å². The summed E-state index contributed by atoms with van der Waals surface area (Å²) in [6.07, 6.45) is 4.21. The Morgan fingerprint density at radius 3 is 2.95 bits per heavy atom. The van der Waals surface area contributed by atoms with E-state index in [4.69, 9.17) is 9.47 Å². The van der Waals surface area contributed by atoms with Crippen molar-refractivity contribution < 1.29 is 14.3 Å². The van der Waals surface area contributed by atoms with Gasteiger partial charge in [0.1, 0.15) is 0 Å². The largest absolute Gasteiger partial charge is 0.382 e. The van der Waals surface area contributed by atoms with Gasteiger partial charge in [-0.2, -0.15) is 0 Å². The molecule has 5 heteroatoms. The number of carbonyl (C=O) groups is 1. The number of nitrogens with zero attached hydrogens (tertiary/aromatic N) is 2. The number of aryl methyl sites for hydroxylation is 1. The van der Waals surface area contributed by atoms with Crippen molar-refractivity contribution in [1.82, 2.24) is 9.88 Å². The quantitative estimate of drug-likeness (QED) is 0.850. The van der Waals surface area contributed by atoms with E-state index in [0.717, 1.165) is 12.0 Å². The number of methoxy groups -OCH3 is 1. The minimum Gasteiger partial charge on any atom is -0.382 e. The highest BCUT2D eigenvalue weighted by Gasteiger charge is 2.35. The minimum atomic E-state index is -0.368. The SMILES string of the molecule is CCc1cncc(C(=O)N2C[C@@H](COC)OC(C)(C)C2)c1. The number of amides is 1. The third-order valence-corrected chi connectivity index (χ3v) is 3.57. The van der Waals surface area contributed by atoms with Gasteiger partial charge in [0.25, 0.3) is 5.91 Å². The van der Waals surface area contributed by atoms with Crippen LogP contribution in [0.2, 0.25) is 0 Å². The molecule has 5 nitrogen and oxygen atoms in total. The van der Waals surface area contributed by atoms with Crippen molar-refractivity contribution in [2.45, 2.75) is 38.9 Å². The van der Waals surface area contributed by atoms with Gasteiger partial charge in [0, 0.05) is 32.6 Å². The van der Waals surface area contributed by atoms with Crippen LogP contribution in [0.25, 0.3) is 0 Å². The molecule has 0 aromatic carbocycles. The first-order chi connectivity index (χ1) is 9.95. The predicted molar refractivity (Wildman–Crippen MR) is 80.3 cm³/mol. The highest BCUT2D eigenvalue weighted by Crippen LogP contribution is 2.22. The Morgan fingerprint density at radius 1 is 1.52 bits per heavy atom. The van der Waals surface area contributed by atoms with Gasteiger partial charge in [-0.05, 0) is 31.9 Å². The van der Waals surface area contributed by atoms with Crippen LogP contribution in [-0.2, 0) is 15.9 Å². The summed E-state index contributed by atoms with van der Waals surface area (Å²) in [5.41, 5.74) is 1.34. The third-order valence-electron chi connectivity index (χ3n) is 3.57. The van der Waals surface area contributed by atoms with Crippen LogP contribution in [0.15, 0.2) is 18.5 Å². The molecule has 1 aromatic rings. The van der Waals surface area contributed by atoms with E-state index in [1.165, 1.54) is 0 Å². The monoisotopic (exact) mass is 292 g/mol. The van der Waals surface area contributed by atoms with Crippen molar-refractivity contribution in [1.29, 1.82) is 0 Å². The Balaban J connectivity index is 2.16. The van der Waals surface area contributed by atoms with Crippen LogP contribution < -0.4 is 0 Å². The summed E-state index contributed by atoms with van der Waals surface area (Å²) in [7, 11) is 1.64. The van der Waals surface area contributed by atoms with E-state index in [2.05, 4.69) is 11.9 Å². The molecule has 116 valence electrons. The second-order valence-corrected chi connectivity index (χ2v) is 6.08. The zero-order chi connectivity index (χ0) is 15.5. The number of aromatic nitrogens is 1. The van der Waals surface area contributed by atoms with Crippen molar-refractivity contribution >= 4 is 5.91 Å². The van der Waals surface area contributed by atoms with Crippen LogP contribution in [0.3, 0.4) is 0 Å². The van der Waals surface area contributed by atoms with Gasteiger partial charge in [0.05, 0.1) is 23.9 Å². The lowest BCUT2D eigenvalue weighted by Gasteiger charge is -2.42. The van der Waals surface area contributed by atoms with Crippen LogP contribution in [0.5, 0.6) is 0 Å². The van der Waals surface area contributed by atoms with Gasteiger partial charge in [-0.1, -0.05) is 6.92 Å². The lowest BCUT2D eigenvalue weighted by atomic mass is 10.0. The fraction of sp³-hybridized carbons (Fsp3) is 0.625. The van der Waals surface area contributed by atoms with Gasteiger partial charge < -0.3 is 14.4 Å². The number of carbonyl (C=O) groups excluding carboxylic acids is 1. The van der Waals surface area contributed by atoms with Crippen molar-refractivity contribution in [2.24, 2.45) is 0 Å². The molecule has 0 aliphatic carbocycles. The average Bonchev–Trinajstić information content (AvgIpc) is 2.45. The first-order valence-electron chi connectivity index (χ1n) is 7.35. The van der Waals surface area contributed by atoms with E-state index in [1.807, 2.05) is 24.8 Å². The number of hydrogen-bond donors (Lipinski definition) is 0. The lowest BCUT2D eigenvalue weighted by molar-refractivity contribution is -0.143. The lowest BCUT2D eigenvalue weighted by Crippen LogP contribution is -2.55. The van der Waals surface area contributed by atoms with Crippen molar-refractivity contribution in [2.75, 3.05) is 26.8 Å². The molecule has 0 radical (unpaired) electrons. The molecule has 0 unspecified atom stereocenters. The molecule has 1 aromatic heterocycles. The smallest absolute Gasteiger partial charge is 0.255 e. The maximum Gasteiger partial charge on any atom is 0.255 e. The number of pyridine rings is 1. The Kier molecular flexibility index (Phi) is 4.96. The summed E-state index contributed by atoms with van der Waals surface area (Å²) in [4.78, 5) is 18.7. The summed E-state index contributed by atoms with van der Waals surface area (Å²) in [6.45, 7) is 7.65. The van der Waals surface area contributed by atoms with E-state index >= 15 is 0 Å². The molecular formula is C16H24N2O3. The fourth-order valence-electron chi connectivity index (χ4n) is 2.70. The molecule has 1 saturated heterocycles. The van der Waals surface area contributed by atoms with Gasteiger partial charge >= 0.3 is 0 Å². The van der Waals surface area contributed by atoms with Gasteiger partial charge in [-0.15, -0.1) is 0 Å². The van der Waals surface area contributed by atoms with Gasteiger partial charge in [0.2, 0.25) is 0 Å². The maximum atomic E-state index is 12.7. The van der Waals surface area contributed by atoms with E-state index in [1.54, 1.807) is 19.5 Å². The van der Waals surface area contributed by atoms with Crippen LogP contribution in [0.1, 0.15) is 36.7 Å². The molecule has 0 saturated carbocycles. The molecule has 0 bridgehead atoms. The molecular weight excluding hydrogens is 268 g/mol. The number of ether oxygens (including phenoxy) is 2. The molecule has 1 fully saturated rings. The fourth-order valence-corrected chi connectivity index (χ4v) is 2.70. The second kappa shape index (κ2) is 6.54. The molecule has 0 spiro atoms. The Morgan fingerprint density at radius 2 is 2.29 bits per heavy atom. The van der Waals surface area contributed by atoms with Crippen molar-refractivity contribution in [3.63, 3.8) is 0 Å². The number of rotatable bonds is 4. The first kappa shape index (κ1) is 15.9. The van der Waals surface area contributed by atoms with E-state index < -0.39 is 0 Å². The topological polar surface area (TPSA) is 51.7 Å². The molecule has 2 rings (SSSR count). The highest BCUT2D eigenvalue weighted by atomic mass is 16.5. The minimum absolute atomic E-state index is 0.00952. The van der Waals surface area contributed by atoms with Crippen LogP contribution in [0.4, 0.5) is 0 Å². The van der Waals surface area contributed by atoms with E-state index in [-0.39, 0.29) is 17.6 Å². The van der Waals surface area contributed by atoms with E-state index in [9.17, 15) is 4.79 Å². The van der Waals surface area contributed by atoms with Crippen molar-refractivity contribution in [3.05, 3.63) is 29.6 Å². The summed E-state index contributed by atoms with van der Waals surface area (Å²) < 4.78 is 11.1. The summed E-state index contributed by atoms with van der Waals surface area (Å²) in [6, 6.07) is 1.92. The number of hydrogen-bond acceptors (Lipinski definition) is 4. The molecule has 1 atom stereocenters. The highest BCUT2D eigenvalue weighted by molar-refractivity contribution is 5.94. The zero-order valence-corrected chi connectivity index (χ0v) is 13.3. The van der Waals surface area contributed by atoms with Crippen molar-refractivity contribution in [3.8, 4) is 0 Å². The summed E-state index contributed by atoms with van der Waals surface area (Å²) >= 11 is 0. The average molecular weight is 292 g/mol. The molecule has 2 heterocycles. The molecule has 1 amide bonds. The molecule has 1 aliphatic heterocycles. The predicted octanol–water partition coefficient (Wildman–Crippen LogP) is 1.91. The summed E-state index contributed by atoms with van der Waals surface area (Å²) in [5.74, 6) is 0.00952. The Bertz CT molecular complexity index is 502. The van der Waals surface area contributed by atoms with Crippen LogP contribution in [0, 0.1) is 0 Å². The number of morpholine rings is 1. The standard InChI is InChI=1S/C16H24N2O3/c1-5-12-6-13(8-17-7-12)15(19)18-9-14(10-20-4)21-16(2,3)11-18/h6-8,14H,5,9-11H2,1-4H3/t14-/m0/s1. The Hall–Kier alpha value is -1.46. The normalized spacial score (nSPS) is 21.3. The molecule has 21 heavy (non-hydrogen) atoms.